The molecule has 2 N–H and O–H groups in total. The minimum atomic E-state index is -0.162. The molecule has 6 heteroatoms. The molecular weight excluding hydrogens is 298 g/mol. The molecule has 2 rings (SSSR count). The minimum absolute atomic E-state index is 0.0224. The van der Waals surface area contributed by atoms with Crippen molar-refractivity contribution < 1.29 is 9.21 Å². The lowest BCUT2D eigenvalue weighted by molar-refractivity contribution is 0.225. The molecule has 2 amide bonds. The fraction of sp³-hybridized carbons (Fsp3) is 0.438. The summed E-state index contributed by atoms with van der Waals surface area (Å²) in [5.74, 6) is 0.844. The van der Waals surface area contributed by atoms with Crippen LogP contribution in [0.4, 0.5) is 4.79 Å². The lowest BCUT2D eigenvalue weighted by Crippen LogP contribution is -2.40. The normalized spacial score (nSPS) is 12.4. The summed E-state index contributed by atoms with van der Waals surface area (Å²) >= 11 is 1.74. The van der Waals surface area contributed by atoms with Gasteiger partial charge >= 0.3 is 6.03 Å². The molecule has 0 fully saturated rings. The number of nitrogens with one attached hydrogen (secondary N) is 2. The van der Waals surface area contributed by atoms with Crippen molar-refractivity contribution in [2.24, 2.45) is 0 Å². The van der Waals surface area contributed by atoms with E-state index in [2.05, 4.69) is 29.7 Å². The molecule has 0 aliphatic heterocycles. The predicted molar refractivity (Wildman–Crippen MR) is 89.1 cm³/mol. The van der Waals surface area contributed by atoms with E-state index in [1.807, 2.05) is 31.1 Å². The highest BCUT2D eigenvalue weighted by atomic mass is 32.1. The number of likely N-dealkylation sites (N-methyl/N-ethyl adjacent to an activating group) is 1. The fourth-order valence-corrected chi connectivity index (χ4v) is 3.04. The molecular formula is C16H23N3O2S. The van der Waals surface area contributed by atoms with Gasteiger partial charge in [0.15, 0.2) is 0 Å². The van der Waals surface area contributed by atoms with E-state index in [0.29, 0.717) is 13.1 Å². The fourth-order valence-electron chi connectivity index (χ4n) is 2.15. The van der Waals surface area contributed by atoms with Gasteiger partial charge in [-0.1, -0.05) is 6.92 Å². The maximum Gasteiger partial charge on any atom is 0.315 e. The van der Waals surface area contributed by atoms with Crippen LogP contribution in [0.5, 0.6) is 0 Å². The van der Waals surface area contributed by atoms with Crippen LogP contribution in [0, 0.1) is 0 Å². The van der Waals surface area contributed by atoms with Crippen molar-refractivity contribution in [1.82, 2.24) is 15.5 Å². The zero-order valence-corrected chi connectivity index (χ0v) is 14.1. The summed E-state index contributed by atoms with van der Waals surface area (Å²) in [7, 11) is 3.93. The minimum Gasteiger partial charge on any atom is -0.468 e. The predicted octanol–water partition coefficient (Wildman–Crippen LogP) is 3.01. The Labute approximate surface area is 135 Å². The summed E-state index contributed by atoms with van der Waals surface area (Å²) in [5, 5.41) is 5.78. The number of carbonyl (C=O) groups is 1. The monoisotopic (exact) mass is 321 g/mol. The van der Waals surface area contributed by atoms with E-state index in [1.54, 1.807) is 17.6 Å². The second-order valence-electron chi connectivity index (χ2n) is 5.28. The number of furan rings is 1. The summed E-state index contributed by atoms with van der Waals surface area (Å²) in [5.41, 5.74) is 0. The molecule has 5 nitrogen and oxygen atoms in total. The van der Waals surface area contributed by atoms with Gasteiger partial charge in [-0.3, -0.25) is 4.90 Å². The van der Waals surface area contributed by atoms with Gasteiger partial charge in [-0.25, -0.2) is 4.79 Å². The average Bonchev–Trinajstić information content (AvgIpc) is 3.16. The number of nitrogens with zero attached hydrogens (tertiary/aromatic N) is 1. The Morgan fingerprint density at radius 2 is 2.05 bits per heavy atom. The number of hydrogen-bond acceptors (Lipinski definition) is 4. The molecule has 1 atom stereocenters. The molecule has 0 radical (unpaired) electrons. The molecule has 0 spiro atoms. The second kappa shape index (κ2) is 8.00. The number of aryl methyl sites for hydroxylation is 1. The lowest BCUT2D eigenvalue weighted by Gasteiger charge is -2.22. The third-order valence-electron chi connectivity index (χ3n) is 3.44. The van der Waals surface area contributed by atoms with Crippen LogP contribution in [-0.2, 0) is 13.0 Å². The summed E-state index contributed by atoms with van der Waals surface area (Å²) in [4.78, 5) is 16.4. The van der Waals surface area contributed by atoms with E-state index in [-0.39, 0.29) is 12.1 Å². The first-order valence-corrected chi connectivity index (χ1v) is 8.21. The molecule has 1 unspecified atom stereocenters. The average molecular weight is 321 g/mol. The van der Waals surface area contributed by atoms with Crippen LogP contribution in [0.25, 0.3) is 0 Å². The maximum atomic E-state index is 11.9. The van der Waals surface area contributed by atoms with Crippen molar-refractivity contribution in [2.75, 3.05) is 20.6 Å². The Kier molecular flexibility index (Phi) is 6.03. The van der Waals surface area contributed by atoms with Crippen molar-refractivity contribution in [3.8, 4) is 0 Å². The zero-order chi connectivity index (χ0) is 15.9. The number of amides is 2. The topological polar surface area (TPSA) is 57.5 Å². The number of urea groups is 1. The maximum absolute atomic E-state index is 11.9. The first kappa shape index (κ1) is 16.6. The molecule has 0 bridgehead atoms. The van der Waals surface area contributed by atoms with Crippen LogP contribution in [0.2, 0.25) is 0 Å². The Bertz CT molecular complexity index is 578. The molecule has 2 aromatic heterocycles. The Hall–Kier alpha value is -1.79. The Morgan fingerprint density at radius 1 is 1.27 bits per heavy atom. The van der Waals surface area contributed by atoms with E-state index in [4.69, 9.17) is 4.42 Å². The first-order valence-electron chi connectivity index (χ1n) is 7.39. The molecule has 0 aromatic carbocycles. The quantitative estimate of drug-likeness (QED) is 0.824. The Morgan fingerprint density at radius 3 is 2.64 bits per heavy atom. The SMILES string of the molecule is CCc1ccc(CNC(=O)NCC(c2ccco2)N(C)C)s1. The van der Waals surface area contributed by atoms with Crippen LogP contribution in [0.1, 0.15) is 28.5 Å². The van der Waals surface area contributed by atoms with Crippen molar-refractivity contribution in [3.63, 3.8) is 0 Å². The molecule has 22 heavy (non-hydrogen) atoms. The van der Waals surface area contributed by atoms with E-state index in [0.717, 1.165) is 12.2 Å². The van der Waals surface area contributed by atoms with Crippen LogP contribution in [0.3, 0.4) is 0 Å². The zero-order valence-electron chi connectivity index (χ0n) is 13.3. The largest absolute Gasteiger partial charge is 0.468 e. The summed E-state index contributed by atoms with van der Waals surface area (Å²) in [6, 6.07) is 7.81. The number of carbonyl (C=O) groups excluding carboxylic acids is 1. The molecule has 0 saturated carbocycles. The molecule has 2 aromatic rings. The smallest absolute Gasteiger partial charge is 0.315 e. The molecule has 0 saturated heterocycles. The van der Waals surface area contributed by atoms with Gasteiger partial charge in [0.2, 0.25) is 0 Å². The van der Waals surface area contributed by atoms with Gasteiger partial charge in [-0.15, -0.1) is 11.3 Å². The van der Waals surface area contributed by atoms with Crippen molar-refractivity contribution >= 4 is 17.4 Å². The van der Waals surface area contributed by atoms with Gasteiger partial charge in [-0.05, 0) is 44.8 Å². The van der Waals surface area contributed by atoms with Gasteiger partial charge < -0.3 is 15.1 Å². The highest BCUT2D eigenvalue weighted by Crippen LogP contribution is 2.18. The first-order chi connectivity index (χ1) is 10.6. The number of hydrogen-bond donors (Lipinski definition) is 2. The third kappa shape index (κ3) is 4.61. The van der Waals surface area contributed by atoms with E-state index < -0.39 is 0 Å². The molecule has 0 aliphatic rings. The van der Waals surface area contributed by atoms with Gasteiger partial charge in [0, 0.05) is 16.3 Å². The molecule has 0 aliphatic carbocycles. The van der Waals surface area contributed by atoms with E-state index in [9.17, 15) is 4.79 Å². The Balaban J connectivity index is 1.79. The van der Waals surface area contributed by atoms with Crippen LogP contribution >= 0.6 is 11.3 Å². The highest BCUT2D eigenvalue weighted by molar-refractivity contribution is 7.11. The summed E-state index contributed by atoms with van der Waals surface area (Å²) < 4.78 is 5.42. The highest BCUT2D eigenvalue weighted by Gasteiger charge is 2.17. The van der Waals surface area contributed by atoms with E-state index >= 15 is 0 Å². The van der Waals surface area contributed by atoms with Crippen molar-refractivity contribution in [3.05, 3.63) is 46.0 Å². The number of thiophene rings is 1. The van der Waals surface area contributed by atoms with Gasteiger partial charge in [0.05, 0.1) is 18.8 Å². The summed E-state index contributed by atoms with van der Waals surface area (Å²) in [6.45, 7) is 3.19. The van der Waals surface area contributed by atoms with Gasteiger partial charge in [-0.2, -0.15) is 0 Å². The van der Waals surface area contributed by atoms with Crippen LogP contribution < -0.4 is 10.6 Å². The third-order valence-corrected chi connectivity index (χ3v) is 4.67. The molecule has 120 valence electrons. The van der Waals surface area contributed by atoms with Gasteiger partial charge in [0.25, 0.3) is 0 Å². The van der Waals surface area contributed by atoms with Crippen molar-refractivity contribution in [1.29, 1.82) is 0 Å². The van der Waals surface area contributed by atoms with Crippen LogP contribution in [-0.4, -0.2) is 31.6 Å². The standard InChI is InChI=1S/C16H23N3O2S/c1-4-12-7-8-13(22-12)10-17-16(20)18-11-14(19(2)3)15-6-5-9-21-15/h5-9,14H,4,10-11H2,1-3H3,(H2,17,18,20). The van der Waals surface area contributed by atoms with Crippen molar-refractivity contribution in [2.45, 2.75) is 25.9 Å². The van der Waals surface area contributed by atoms with E-state index in [1.165, 1.54) is 9.75 Å². The van der Waals surface area contributed by atoms with Crippen LogP contribution in [0.15, 0.2) is 34.9 Å². The lowest BCUT2D eigenvalue weighted by atomic mass is 10.2. The van der Waals surface area contributed by atoms with Gasteiger partial charge in [0.1, 0.15) is 5.76 Å². The second-order valence-corrected chi connectivity index (χ2v) is 6.53. The molecule has 2 heterocycles. The number of rotatable bonds is 7. The summed E-state index contributed by atoms with van der Waals surface area (Å²) in [6.07, 6.45) is 2.68.